The number of nitrogens with two attached hydrogens (primary N) is 2. The van der Waals surface area contributed by atoms with Crippen LogP contribution in [-0.2, 0) is 22.9 Å². The highest BCUT2D eigenvalue weighted by atomic mass is 35.5. The van der Waals surface area contributed by atoms with Crippen LogP contribution < -0.4 is 16.9 Å². The number of rotatable bonds is 8. The zero-order valence-electron chi connectivity index (χ0n) is 14.5. The van der Waals surface area contributed by atoms with E-state index in [4.69, 9.17) is 38.2 Å². The Balaban J connectivity index is 1.85. The molecule has 6 N–H and O–H groups in total. The second-order valence-electron chi connectivity index (χ2n) is 5.36. The largest absolute Gasteiger partial charge is 0.367 e. The molecule has 0 fully saturated rings. The van der Waals surface area contributed by atoms with Gasteiger partial charge in [0.05, 0.1) is 11.5 Å². The average molecular weight is 408 g/mol. The van der Waals surface area contributed by atoms with Gasteiger partial charge in [-0.25, -0.2) is 10.3 Å². The van der Waals surface area contributed by atoms with E-state index in [1.54, 1.807) is 36.4 Å². The van der Waals surface area contributed by atoms with Crippen molar-refractivity contribution in [1.82, 2.24) is 10.7 Å². The Bertz CT molecular complexity index is 843. The number of nitrogens with zero attached hydrogens (tertiary/aromatic N) is 3. The number of hydroxylamine groups is 2. The number of benzene rings is 2. The molecule has 12 heteroatoms. The van der Waals surface area contributed by atoms with Crippen molar-refractivity contribution in [3.63, 3.8) is 0 Å². The van der Waals surface area contributed by atoms with E-state index in [9.17, 15) is 10.1 Å². The number of nitro benzene ring substituents is 1. The van der Waals surface area contributed by atoms with E-state index in [0.717, 1.165) is 10.7 Å². The maximum Gasteiger partial charge on any atom is 0.269 e. The Kier molecular flexibility index (Phi) is 7.51. The fourth-order valence-corrected chi connectivity index (χ4v) is 2.02. The molecule has 0 aliphatic heterocycles. The van der Waals surface area contributed by atoms with Crippen molar-refractivity contribution in [3.8, 4) is 0 Å². The van der Waals surface area contributed by atoms with Crippen molar-refractivity contribution in [3.05, 3.63) is 74.8 Å². The molecule has 0 spiro atoms. The fourth-order valence-electron chi connectivity index (χ4n) is 1.89. The zero-order chi connectivity index (χ0) is 20.5. The van der Waals surface area contributed by atoms with Gasteiger partial charge in [-0.2, -0.15) is 0 Å². The van der Waals surface area contributed by atoms with Crippen LogP contribution in [0.1, 0.15) is 11.1 Å². The molecule has 0 saturated carbocycles. The van der Waals surface area contributed by atoms with Crippen molar-refractivity contribution < 1.29 is 14.6 Å². The molecular weight excluding hydrogens is 390 g/mol. The molecule has 0 saturated heterocycles. The minimum absolute atomic E-state index is 0.0206. The Morgan fingerprint density at radius 2 is 1.71 bits per heavy atom. The molecule has 0 aliphatic rings. The molecule has 2 aromatic rings. The predicted molar refractivity (Wildman–Crippen MR) is 103 cm³/mol. The van der Waals surface area contributed by atoms with E-state index in [-0.39, 0.29) is 24.9 Å². The number of hydrogen-bond acceptors (Lipinski definition) is 6. The van der Waals surface area contributed by atoms with Crippen LogP contribution in [0.5, 0.6) is 0 Å². The summed E-state index contributed by atoms with van der Waals surface area (Å²) in [5.41, 5.74) is 14.9. The summed E-state index contributed by atoms with van der Waals surface area (Å²) in [5.74, 6) is -0.706. The average Bonchev–Trinajstić information content (AvgIpc) is 2.66. The third-order valence-electron chi connectivity index (χ3n) is 3.23. The molecule has 0 aromatic heterocycles. The summed E-state index contributed by atoms with van der Waals surface area (Å²) in [6.45, 7) is 0.150. The normalized spacial score (nSPS) is 11.1. The molecule has 11 nitrogen and oxygen atoms in total. The number of nitro groups is 1. The number of non-ortho nitro benzene ring substituents is 1. The van der Waals surface area contributed by atoms with E-state index in [1.807, 2.05) is 0 Å². The van der Waals surface area contributed by atoms with Crippen molar-refractivity contribution in [2.75, 3.05) is 0 Å². The Labute approximate surface area is 165 Å². The van der Waals surface area contributed by atoms with Gasteiger partial charge in [-0.3, -0.25) is 20.4 Å². The van der Waals surface area contributed by atoms with E-state index in [1.165, 1.54) is 12.1 Å². The second-order valence-corrected chi connectivity index (χ2v) is 5.79. The highest BCUT2D eigenvalue weighted by Gasteiger charge is 2.09. The van der Waals surface area contributed by atoms with Crippen molar-refractivity contribution in [1.29, 1.82) is 5.41 Å². The number of guanidine groups is 2. The number of nitrogens with one attached hydrogen (secondary N) is 2. The quantitative estimate of drug-likeness (QED) is 0.222. The predicted octanol–water partition coefficient (Wildman–Crippen LogP) is 1.83. The maximum atomic E-state index is 10.6. The Hall–Kier alpha value is -3.41. The molecule has 0 amide bonds. The molecule has 0 radical (unpaired) electrons. The smallest absolute Gasteiger partial charge is 0.269 e. The summed E-state index contributed by atoms with van der Waals surface area (Å²) in [7, 11) is 0. The summed E-state index contributed by atoms with van der Waals surface area (Å²) in [5, 5.41) is 23.2. The molecule has 0 heterocycles. The van der Waals surface area contributed by atoms with Crippen molar-refractivity contribution in [2.45, 2.75) is 13.2 Å². The van der Waals surface area contributed by atoms with Crippen LogP contribution in [0, 0.1) is 15.5 Å². The molecular formula is C16H18ClN7O4. The van der Waals surface area contributed by atoms with Crippen LogP contribution in [0.4, 0.5) is 5.69 Å². The topological polar surface area (TPSA) is 165 Å². The molecule has 0 unspecified atom stereocenters. The standard InChI is InChI=1S/C16H18ClN7O4/c17-13-5-1-12(2-6-13)10-28-23(15(18)19)21-16(20)22-27-9-11-3-7-14(8-4-11)24(25)26/h1-8H,9-10H2,(H3,18,19)(H3,20,21,22). The fraction of sp³-hybridized carbons (Fsp3) is 0.125. The molecule has 0 bridgehead atoms. The first-order chi connectivity index (χ1) is 13.3. The highest BCUT2D eigenvalue weighted by molar-refractivity contribution is 6.30. The summed E-state index contributed by atoms with van der Waals surface area (Å²) >= 11 is 5.81. The highest BCUT2D eigenvalue weighted by Crippen LogP contribution is 2.12. The summed E-state index contributed by atoms with van der Waals surface area (Å²) in [6, 6.07) is 12.7. The van der Waals surface area contributed by atoms with Gasteiger partial charge in [-0.15, -0.1) is 5.10 Å². The first-order valence-corrected chi connectivity index (χ1v) is 8.19. The second kappa shape index (κ2) is 10.1. The van der Waals surface area contributed by atoms with Gasteiger partial charge in [0.25, 0.3) is 5.69 Å². The lowest BCUT2D eigenvalue weighted by Gasteiger charge is -2.17. The van der Waals surface area contributed by atoms with Gasteiger partial charge in [-0.1, -0.05) is 28.9 Å². The van der Waals surface area contributed by atoms with Crippen LogP contribution >= 0.6 is 11.6 Å². The zero-order valence-corrected chi connectivity index (χ0v) is 15.3. The van der Waals surface area contributed by atoms with Crippen molar-refractivity contribution >= 4 is 29.2 Å². The summed E-state index contributed by atoms with van der Waals surface area (Å²) in [4.78, 5) is 20.6. The monoisotopic (exact) mass is 407 g/mol. The van der Waals surface area contributed by atoms with Crippen LogP contribution in [-0.4, -0.2) is 22.0 Å². The van der Waals surface area contributed by atoms with Gasteiger partial charge in [0.15, 0.2) is 0 Å². The third kappa shape index (κ3) is 6.72. The van der Waals surface area contributed by atoms with Gasteiger partial charge in [-0.05, 0) is 35.4 Å². The van der Waals surface area contributed by atoms with E-state index in [0.29, 0.717) is 10.6 Å². The lowest BCUT2D eigenvalue weighted by molar-refractivity contribution is -0.384. The Morgan fingerprint density at radius 3 is 2.29 bits per heavy atom. The Morgan fingerprint density at radius 1 is 1.14 bits per heavy atom. The van der Waals surface area contributed by atoms with E-state index in [2.05, 4.69) is 10.6 Å². The number of hydrazone groups is 1. The molecule has 148 valence electrons. The molecule has 28 heavy (non-hydrogen) atoms. The van der Waals surface area contributed by atoms with E-state index >= 15 is 0 Å². The first-order valence-electron chi connectivity index (χ1n) is 7.82. The van der Waals surface area contributed by atoms with Gasteiger partial charge >= 0.3 is 0 Å². The molecule has 0 atom stereocenters. The van der Waals surface area contributed by atoms with Crippen LogP contribution in [0.25, 0.3) is 0 Å². The van der Waals surface area contributed by atoms with Gasteiger partial charge in [0.2, 0.25) is 11.9 Å². The first kappa shape index (κ1) is 20.9. The van der Waals surface area contributed by atoms with E-state index < -0.39 is 10.9 Å². The van der Waals surface area contributed by atoms with Gasteiger partial charge in [0, 0.05) is 17.2 Å². The number of hydrogen-bond donors (Lipinski definition) is 4. The minimum atomic E-state index is -0.492. The van der Waals surface area contributed by atoms with Crippen molar-refractivity contribution in [2.24, 2.45) is 16.6 Å². The lowest BCUT2D eigenvalue weighted by Crippen LogP contribution is -2.39. The van der Waals surface area contributed by atoms with Crippen LogP contribution in [0.2, 0.25) is 5.02 Å². The summed E-state index contributed by atoms with van der Waals surface area (Å²) in [6.07, 6.45) is 0. The summed E-state index contributed by atoms with van der Waals surface area (Å²) < 4.78 is 0. The lowest BCUT2D eigenvalue weighted by atomic mass is 10.2. The third-order valence-corrected chi connectivity index (χ3v) is 3.49. The minimum Gasteiger partial charge on any atom is -0.367 e. The SMILES string of the molecule is N=C(N)N(N=C(N)NOCc1ccc([N+](=O)[O-])cc1)OCc1ccc(Cl)cc1. The molecule has 2 rings (SSSR count). The molecule has 2 aromatic carbocycles. The van der Waals surface area contributed by atoms with Gasteiger partial charge < -0.3 is 11.5 Å². The number of halogens is 1. The van der Waals surface area contributed by atoms with Crippen LogP contribution in [0.15, 0.2) is 53.6 Å². The van der Waals surface area contributed by atoms with Crippen LogP contribution in [0.3, 0.4) is 0 Å². The van der Waals surface area contributed by atoms with Gasteiger partial charge in [0.1, 0.15) is 6.61 Å². The maximum absolute atomic E-state index is 10.6. The molecule has 0 aliphatic carbocycles.